The summed E-state index contributed by atoms with van der Waals surface area (Å²) in [7, 11) is 0. The van der Waals surface area contributed by atoms with Crippen molar-refractivity contribution in [2.45, 2.75) is 0 Å². The Labute approximate surface area is 81.4 Å². The largest absolute Gasteiger partial charge is 0.477 e. The number of carbonyl (C=O) groups is 1. The smallest absolute Gasteiger partial charge is 0.348 e. The quantitative estimate of drug-likeness (QED) is 0.748. The minimum atomic E-state index is -1.05. The SMILES string of the molecule is O=C(O)c1sccc1-n1cn[nH]c1=O. The number of aromatic carboxylic acids is 1. The Kier molecular flexibility index (Phi) is 1.93. The van der Waals surface area contributed by atoms with E-state index in [9.17, 15) is 9.59 Å². The number of rotatable bonds is 2. The van der Waals surface area contributed by atoms with Gasteiger partial charge in [-0.2, -0.15) is 5.10 Å². The molecule has 0 aromatic carbocycles. The van der Waals surface area contributed by atoms with Gasteiger partial charge in [-0.15, -0.1) is 11.3 Å². The van der Waals surface area contributed by atoms with Crippen molar-refractivity contribution in [3.8, 4) is 5.69 Å². The second-order valence-corrected chi connectivity index (χ2v) is 3.39. The summed E-state index contributed by atoms with van der Waals surface area (Å²) in [5.41, 5.74) is -0.118. The lowest BCUT2D eigenvalue weighted by molar-refractivity contribution is 0.0702. The van der Waals surface area contributed by atoms with Crippen LogP contribution in [0, 0.1) is 0 Å². The van der Waals surface area contributed by atoms with E-state index in [4.69, 9.17) is 5.11 Å². The molecule has 0 aliphatic rings. The second kappa shape index (κ2) is 3.11. The molecule has 0 fully saturated rings. The van der Waals surface area contributed by atoms with E-state index in [1.54, 1.807) is 11.4 Å². The van der Waals surface area contributed by atoms with Gasteiger partial charge in [0.1, 0.15) is 11.2 Å². The van der Waals surface area contributed by atoms with E-state index in [0.717, 1.165) is 15.9 Å². The number of hydrogen-bond donors (Lipinski definition) is 2. The van der Waals surface area contributed by atoms with E-state index in [0.29, 0.717) is 5.69 Å². The highest BCUT2D eigenvalue weighted by atomic mass is 32.1. The van der Waals surface area contributed by atoms with Crippen LogP contribution in [0.15, 0.2) is 22.6 Å². The van der Waals surface area contributed by atoms with E-state index < -0.39 is 11.7 Å². The van der Waals surface area contributed by atoms with Crippen molar-refractivity contribution in [2.24, 2.45) is 0 Å². The van der Waals surface area contributed by atoms with E-state index >= 15 is 0 Å². The molecule has 0 bridgehead atoms. The molecule has 0 saturated heterocycles. The molecule has 0 radical (unpaired) electrons. The van der Waals surface area contributed by atoms with E-state index in [2.05, 4.69) is 10.2 Å². The number of carboxylic acids is 1. The molecular weight excluding hydrogens is 206 g/mol. The van der Waals surface area contributed by atoms with Crippen LogP contribution in [0.3, 0.4) is 0 Å². The molecule has 14 heavy (non-hydrogen) atoms. The van der Waals surface area contributed by atoms with Gasteiger partial charge < -0.3 is 5.11 Å². The van der Waals surface area contributed by atoms with Gasteiger partial charge in [0.05, 0.1) is 5.69 Å². The summed E-state index contributed by atoms with van der Waals surface area (Å²) in [6, 6.07) is 1.56. The van der Waals surface area contributed by atoms with Gasteiger partial charge in [-0.1, -0.05) is 0 Å². The van der Waals surface area contributed by atoms with Gasteiger partial charge in [-0.05, 0) is 11.4 Å². The molecule has 72 valence electrons. The van der Waals surface area contributed by atoms with E-state index in [1.807, 2.05) is 0 Å². The lowest BCUT2D eigenvalue weighted by atomic mass is 10.4. The first kappa shape index (κ1) is 8.70. The Hall–Kier alpha value is -1.89. The fourth-order valence-electron chi connectivity index (χ4n) is 1.07. The molecule has 0 aliphatic carbocycles. The minimum absolute atomic E-state index is 0.119. The number of thiophene rings is 1. The van der Waals surface area contributed by atoms with Crippen LogP contribution < -0.4 is 5.69 Å². The summed E-state index contributed by atoms with van der Waals surface area (Å²) in [5, 5.41) is 16.1. The lowest BCUT2D eigenvalue weighted by Gasteiger charge is -1.96. The molecule has 0 amide bonds. The second-order valence-electron chi connectivity index (χ2n) is 2.47. The van der Waals surface area contributed by atoms with Gasteiger partial charge in [0.15, 0.2) is 0 Å². The molecule has 6 nitrogen and oxygen atoms in total. The zero-order chi connectivity index (χ0) is 10.1. The van der Waals surface area contributed by atoms with Gasteiger partial charge in [0, 0.05) is 0 Å². The number of hydrogen-bond acceptors (Lipinski definition) is 4. The Morgan fingerprint density at radius 2 is 2.43 bits per heavy atom. The Morgan fingerprint density at radius 3 is 3.00 bits per heavy atom. The molecule has 2 aromatic rings. The summed E-state index contributed by atoms with van der Waals surface area (Å²) in [4.78, 5) is 22.0. The molecule has 0 unspecified atom stereocenters. The van der Waals surface area contributed by atoms with Gasteiger partial charge in [-0.25, -0.2) is 19.3 Å². The molecule has 0 spiro atoms. The number of nitrogens with zero attached hydrogens (tertiary/aromatic N) is 2. The van der Waals surface area contributed by atoms with Gasteiger partial charge in [0.25, 0.3) is 0 Å². The fourth-order valence-corrected chi connectivity index (χ4v) is 1.79. The van der Waals surface area contributed by atoms with Crippen LogP contribution in [0.5, 0.6) is 0 Å². The maximum atomic E-state index is 11.1. The first-order valence-electron chi connectivity index (χ1n) is 3.63. The zero-order valence-electron chi connectivity index (χ0n) is 6.80. The Balaban J connectivity index is 2.63. The highest BCUT2D eigenvalue weighted by molar-refractivity contribution is 7.12. The van der Waals surface area contributed by atoms with Crippen molar-refractivity contribution >= 4 is 17.3 Å². The molecule has 0 saturated carbocycles. The third-order valence-electron chi connectivity index (χ3n) is 1.65. The molecular formula is C7H5N3O3S. The van der Waals surface area contributed by atoms with Crippen LogP contribution >= 0.6 is 11.3 Å². The molecule has 0 atom stereocenters. The molecule has 0 aliphatic heterocycles. The summed E-state index contributed by atoms with van der Waals surface area (Å²) in [5.74, 6) is -1.05. The fraction of sp³-hybridized carbons (Fsp3) is 0. The summed E-state index contributed by atoms with van der Waals surface area (Å²) in [6.07, 6.45) is 1.25. The number of aromatic amines is 1. The summed E-state index contributed by atoms with van der Waals surface area (Å²) >= 11 is 1.06. The van der Waals surface area contributed by atoms with Crippen molar-refractivity contribution in [3.63, 3.8) is 0 Å². The van der Waals surface area contributed by atoms with Crippen LogP contribution in [0.1, 0.15) is 9.67 Å². The maximum Gasteiger partial charge on any atom is 0.348 e. The monoisotopic (exact) mass is 211 g/mol. The molecule has 2 aromatic heterocycles. The number of H-pyrrole nitrogens is 1. The van der Waals surface area contributed by atoms with Gasteiger partial charge in [-0.3, -0.25) is 0 Å². The van der Waals surface area contributed by atoms with Crippen LogP contribution in [-0.4, -0.2) is 25.8 Å². The first-order valence-corrected chi connectivity index (χ1v) is 4.51. The average molecular weight is 211 g/mol. The van der Waals surface area contributed by atoms with Crippen LogP contribution in [0.2, 0.25) is 0 Å². The highest BCUT2D eigenvalue weighted by Crippen LogP contribution is 2.19. The third kappa shape index (κ3) is 1.23. The first-order chi connectivity index (χ1) is 6.70. The number of carboxylic acid groups (broad SMARTS) is 1. The summed E-state index contributed by atoms with van der Waals surface area (Å²) in [6.45, 7) is 0. The Morgan fingerprint density at radius 1 is 1.64 bits per heavy atom. The molecule has 2 rings (SSSR count). The van der Waals surface area contributed by atoms with Crippen molar-refractivity contribution in [3.05, 3.63) is 33.1 Å². The normalized spacial score (nSPS) is 10.3. The highest BCUT2D eigenvalue weighted by Gasteiger charge is 2.14. The predicted octanol–water partition coefficient (Wildman–Crippen LogP) is 0.320. The van der Waals surface area contributed by atoms with Crippen molar-refractivity contribution in [1.82, 2.24) is 14.8 Å². The van der Waals surface area contributed by atoms with Crippen molar-refractivity contribution in [1.29, 1.82) is 0 Å². The van der Waals surface area contributed by atoms with Gasteiger partial charge >= 0.3 is 11.7 Å². The Bertz CT molecular complexity index is 524. The van der Waals surface area contributed by atoms with Gasteiger partial charge in [0.2, 0.25) is 0 Å². The third-order valence-corrected chi connectivity index (χ3v) is 2.54. The summed E-state index contributed by atoms with van der Waals surface area (Å²) < 4.78 is 1.15. The van der Waals surface area contributed by atoms with Crippen molar-refractivity contribution in [2.75, 3.05) is 0 Å². The number of nitrogens with one attached hydrogen (secondary N) is 1. The van der Waals surface area contributed by atoms with Crippen molar-refractivity contribution < 1.29 is 9.90 Å². The van der Waals surface area contributed by atoms with E-state index in [1.165, 1.54) is 6.33 Å². The molecule has 2 heterocycles. The van der Waals surface area contributed by atoms with E-state index in [-0.39, 0.29) is 4.88 Å². The molecule has 2 N–H and O–H groups in total. The number of aromatic nitrogens is 3. The molecule has 7 heteroatoms. The topological polar surface area (TPSA) is 88.0 Å². The lowest BCUT2D eigenvalue weighted by Crippen LogP contribution is -2.15. The zero-order valence-corrected chi connectivity index (χ0v) is 7.61. The average Bonchev–Trinajstić information content (AvgIpc) is 2.70. The maximum absolute atomic E-state index is 11.1. The van der Waals surface area contributed by atoms with Crippen LogP contribution in [0.4, 0.5) is 0 Å². The minimum Gasteiger partial charge on any atom is -0.477 e. The standard InChI is InChI=1S/C7H5N3O3S/c11-6(12)5-4(1-2-14-5)10-3-8-9-7(10)13/h1-3H,(H,9,13)(H,11,12). The van der Waals surface area contributed by atoms with Crippen LogP contribution in [-0.2, 0) is 0 Å². The predicted molar refractivity (Wildman–Crippen MR) is 49.0 cm³/mol. The van der Waals surface area contributed by atoms with Crippen LogP contribution in [0.25, 0.3) is 5.69 Å².